The Kier molecular flexibility index (Phi) is 4.35. The molecule has 16 heavy (non-hydrogen) atoms. The van der Waals surface area contributed by atoms with Gasteiger partial charge in [0.2, 0.25) is 0 Å². The molecule has 0 fully saturated rings. The number of hydrogen-bond donors (Lipinski definition) is 1. The highest BCUT2D eigenvalue weighted by Gasteiger charge is 2.01. The van der Waals surface area contributed by atoms with Crippen LogP contribution in [0.3, 0.4) is 0 Å². The molecular weight excluding hydrogens is 260 g/mol. The van der Waals surface area contributed by atoms with Crippen molar-refractivity contribution in [3.63, 3.8) is 0 Å². The van der Waals surface area contributed by atoms with E-state index >= 15 is 0 Å². The van der Waals surface area contributed by atoms with Crippen molar-refractivity contribution in [2.75, 3.05) is 0 Å². The number of aryl methyl sites for hydroxylation is 1. The van der Waals surface area contributed by atoms with Crippen molar-refractivity contribution in [3.05, 3.63) is 37.4 Å². The molecule has 2 aromatic rings. The second-order valence-electron chi connectivity index (χ2n) is 3.38. The van der Waals surface area contributed by atoms with Gasteiger partial charge in [-0.05, 0) is 18.6 Å². The van der Waals surface area contributed by atoms with Crippen molar-refractivity contribution >= 4 is 34.3 Å². The molecule has 2 heterocycles. The van der Waals surface area contributed by atoms with Crippen molar-refractivity contribution < 1.29 is 0 Å². The molecule has 0 amide bonds. The third-order valence-electron chi connectivity index (χ3n) is 2.13. The van der Waals surface area contributed by atoms with Gasteiger partial charge in [-0.15, -0.1) is 22.7 Å². The van der Waals surface area contributed by atoms with E-state index in [4.69, 9.17) is 11.6 Å². The summed E-state index contributed by atoms with van der Waals surface area (Å²) in [7, 11) is 0. The van der Waals surface area contributed by atoms with Crippen LogP contribution in [0.5, 0.6) is 0 Å². The van der Waals surface area contributed by atoms with Crippen molar-refractivity contribution in [2.45, 2.75) is 26.4 Å². The van der Waals surface area contributed by atoms with Crippen LogP contribution in [0.4, 0.5) is 0 Å². The molecule has 86 valence electrons. The molecule has 0 aliphatic heterocycles. The first kappa shape index (κ1) is 12.0. The Morgan fingerprint density at radius 2 is 2.06 bits per heavy atom. The van der Waals surface area contributed by atoms with E-state index in [-0.39, 0.29) is 0 Å². The molecule has 0 unspecified atom stereocenters. The van der Waals surface area contributed by atoms with Crippen LogP contribution in [0, 0.1) is 0 Å². The molecule has 0 aromatic carbocycles. The highest BCUT2D eigenvalue weighted by molar-refractivity contribution is 7.16. The molecule has 0 saturated heterocycles. The molecule has 2 nitrogen and oxygen atoms in total. The van der Waals surface area contributed by atoms with Crippen LogP contribution in [-0.4, -0.2) is 4.98 Å². The van der Waals surface area contributed by atoms with Gasteiger partial charge < -0.3 is 5.32 Å². The molecule has 0 aliphatic rings. The zero-order chi connectivity index (χ0) is 11.4. The summed E-state index contributed by atoms with van der Waals surface area (Å²) in [6.07, 6.45) is 2.98. The monoisotopic (exact) mass is 272 g/mol. The van der Waals surface area contributed by atoms with Gasteiger partial charge in [0.15, 0.2) is 0 Å². The molecule has 0 atom stereocenters. The van der Waals surface area contributed by atoms with Gasteiger partial charge >= 0.3 is 0 Å². The highest BCUT2D eigenvalue weighted by Crippen LogP contribution is 2.21. The molecule has 1 N–H and O–H groups in total. The average Bonchev–Trinajstić information content (AvgIpc) is 2.88. The second kappa shape index (κ2) is 5.77. The predicted molar refractivity (Wildman–Crippen MR) is 71.4 cm³/mol. The number of halogens is 1. The van der Waals surface area contributed by atoms with Gasteiger partial charge in [-0.3, -0.25) is 0 Å². The molecule has 0 saturated carbocycles. The first-order valence-corrected chi connectivity index (χ1v) is 7.17. The smallest absolute Gasteiger partial charge is 0.0931 e. The molecule has 0 spiro atoms. The number of nitrogens with zero attached hydrogens (tertiary/aromatic N) is 1. The minimum atomic E-state index is 0.850. The van der Waals surface area contributed by atoms with E-state index in [1.807, 2.05) is 12.3 Å². The van der Waals surface area contributed by atoms with Crippen molar-refractivity contribution in [2.24, 2.45) is 0 Å². The number of hydrogen-bond acceptors (Lipinski definition) is 4. The van der Waals surface area contributed by atoms with Crippen LogP contribution in [-0.2, 0) is 19.5 Å². The fraction of sp³-hybridized carbons (Fsp3) is 0.364. The standard InChI is InChI=1S/C11H13ClN2S2/c1-2-11-14-7-9(16-11)6-13-5-8-3-4-10(12)15-8/h3-4,7,13H,2,5-6H2,1H3. The predicted octanol–water partition coefficient (Wildman–Crippen LogP) is 3.71. The van der Waals surface area contributed by atoms with Gasteiger partial charge in [0, 0.05) is 29.0 Å². The van der Waals surface area contributed by atoms with Crippen LogP contribution in [0.2, 0.25) is 4.34 Å². The first-order chi connectivity index (χ1) is 7.78. The normalized spacial score (nSPS) is 10.9. The van der Waals surface area contributed by atoms with Crippen molar-refractivity contribution in [1.82, 2.24) is 10.3 Å². The summed E-state index contributed by atoms with van der Waals surface area (Å²) < 4.78 is 0.850. The minimum absolute atomic E-state index is 0.850. The van der Waals surface area contributed by atoms with Crippen molar-refractivity contribution in [3.8, 4) is 0 Å². The van der Waals surface area contributed by atoms with Crippen LogP contribution in [0.15, 0.2) is 18.3 Å². The summed E-state index contributed by atoms with van der Waals surface area (Å²) in [5.41, 5.74) is 0. The van der Waals surface area contributed by atoms with Gasteiger partial charge in [0.05, 0.1) is 9.34 Å². The maximum absolute atomic E-state index is 5.86. The van der Waals surface area contributed by atoms with Gasteiger partial charge in [0.1, 0.15) is 0 Å². The largest absolute Gasteiger partial charge is 0.307 e. The summed E-state index contributed by atoms with van der Waals surface area (Å²) in [6, 6.07) is 4.00. The lowest BCUT2D eigenvalue weighted by Crippen LogP contribution is -2.10. The Balaban J connectivity index is 1.79. The first-order valence-electron chi connectivity index (χ1n) is 5.16. The van der Waals surface area contributed by atoms with E-state index in [9.17, 15) is 0 Å². The van der Waals surface area contributed by atoms with E-state index in [0.717, 1.165) is 23.8 Å². The van der Waals surface area contributed by atoms with E-state index in [1.54, 1.807) is 22.7 Å². The number of thiophene rings is 1. The number of rotatable bonds is 5. The topological polar surface area (TPSA) is 24.9 Å². The van der Waals surface area contributed by atoms with Crippen LogP contribution < -0.4 is 5.32 Å². The zero-order valence-corrected chi connectivity index (χ0v) is 11.4. The van der Waals surface area contributed by atoms with E-state index in [1.165, 1.54) is 14.8 Å². The summed E-state index contributed by atoms with van der Waals surface area (Å²) >= 11 is 9.26. The maximum Gasteiger partial charge on any atom is 0.0931 e. The summed E-state index contributed by atoms with van der Waals surface area (Å²) in [6.45, 7) is 3.88. The van der Waals surface area contributed by atoms with Gasteiger partial charge in [0.25, 0.3) is 0 Å². The minimum Gasteiger partial charge on any atom is -0.307 e. The van der Waals surface area contributed by atoms with Gasteiger partial charge in [-0.2, -0.15) is 0 Å². The summed E-state index contributed by atoms with van der Waals surface area (Å²) in [5, 5.41) is 4.60. The maximum atomic E-state index is 5.86. The molecule has 0 aliphatic carbocycles. The Morgan fingerprint density at radius 3 is 2.69 bits per heavy atom. The SMILES string of the molecule is CCc1ncc(CNCc2ccc(Cl)s2)s1. The lowest BCUT2D eigenvalue weighted by Gasteiger charge is -1.99. The van der Waals surface area contributed by atoms with E-state index < -0.39 is 0 Å². The molecular formula is C11H13ClN2S2. The molecule has 2 rings (SSSR count). The van der Waals surface area contributed by atoms with Crippen molar-refractivity contribution in [1.29, 1.82) is 0 Å². The third-order valence-corrected chi connectivity index (χ3v) is 4.50. The highest BCUT2D eigenvalue weighted by atomic mass is 35.5. The Hall–Kier alpha value is -0.420. The molecule has 5 heteroatoms. The van der Waals surface area contributed by atoms with Gasteiger partial charge in [-0.1, -0.05) is 18.5 Å². The summed E-state index contributed by atoms with van der Waals surface area (Å²) in [4.78, 5) is 6.88. The number of aromatic nitrogens is 1. The Bertz CT molecular complexity index is 450. The lowest BCUT2D eigenvalue weighted by molar-refractivity contribution is 0.708. The Labute approximate surface area is 108 Å². The second-order valence-corrected chi connectivity index (χ2v) is 6.38. The number of thiazole rings is 1. The third kappa shape index (κ3) is 3.28. The van der Waals surface area contributed by atoms with Crippen LogP contribution >= 0.6 is 34.3 Å². The molecule has 2 aromatic heterocycles. The van der Waals surface area contributed by atoms with Gasteiger partial charge in [-0.25, -0.2) is 4.98 Å². The van der Waals surface area contributed by atoms with E-state index in [0.29, 0.717) is 0 Å². The van der Waals surface area contributed by atoms with Crippen LogP contribution in [0.25, 0.3) is 0 Å². The van der Waals surface area contributed by atoms with Crippen LogP contribution in [0.1, 0.15) is 21.7 Å². The quantitative estimate of drug-likeness (QED) is 0.898. The Morgan fingerprint density at radius 1 is 1.25 bits per heavy atom. The number of nitrogens with one attached hydrogen (secondary N) is 1. The van der Waals surface area contributed by atoms with E-state index in [2.05, 4.69) is 23.3 Å². The fourth-order valence-electron chi connectivity index (χ4n) is 1.35. The molecule has 0 radical (unpaired) electrons. The lowest BCUT2D eigenvalue weighted by atomic mass is 10.4. The molecule has 0 bridgehead atoms. The fourth-order valence-corrected chi connectivity index (χ4v) is 3.24. The summed E-state index contributed by atoms with van der Waals surface area (Å²) in [5.74, 6) is 0. The zero-order valence-electron chi connectivity index (χ0n) is 9.00. The average molecular weight is 273 g/mol.